The first kappa shape index (κ1) is 11.1. The van der Waals surface area contributed by atoms with Gasteiger partial charge >= 0.3 is 0 Å². The minimum atomic E-state index is 0.391. The molecular weight excluding hydrogens is 180 g/mol. The van der Waals surface area contributed by atoms with Gasteiger partial charge in [0.1, 0.15) is 5.78 Å². The molecule has 76 valence electrons. The molecule has 2 unspecified atom stereocenters. The van der Waals surface area contributed by atoms with Crippen LogP contribution in [0.2, 0.25) is 0 Å². The third-order valence-corrected chi connectivity index (χ3v) is 3.74. The largest absolute Gasteiger partial charge is 0.298 e. The molecule has 0 amide bonds. The van der Waals surface area contributed by atoms with Crippen molar-refractivity contribution in [3.8, 4) is 0 Å². The summed E-state index contributed by atoms with van der Waals surface area (Å²) in [6.45, 7) is 4.38. The molecule has 1 fully saturated rings. The van der Waals surface area contributed by atoms with Gasteiger partial charge in [-0.1, -0.05) is 26.7 Å². The van der Waals surface area contributed by atoms with E-state index in [1.807, 2.05) is 0 Å². The van der Waals surface area contributed by atoms with Gasteiger partial charge in [0.25, 0.3) is 0 Å². The number of hydrogen-bond acceptors (Lipinski definition) is 2. The minimum absolute atomic E-state index is 0.391. The summed E-state index contributed by atoms with van der Waals surface area (Å²) in [7, 11) is 0. The van der Waals surface area contributed by atoms with Crippen LogP contribution in [0.1, 0.15) is 39.5 Å². The van der Waals surface area contributed by atoms with E-state index in [9.17, 15) is 4.79 Å². The van der Waals surface area contributed by atoms with E-state index < -0.39 is 0 Å². The van der Waals surface area contributed by atoms with Crippen LogP contribution >= 0.6 is 11.8 Å². The van der Waals surface area contributed by atoms with Crippen molar-refractivity contribution in [3.05, 3.63) is 0 Å². The number of hydrogen-bond donors (Lipinski definition) is 0. The van der Waals surface area contributed by atoms with E-state index in [2.05, 4.69) is 13.8 Å². The van der Waals surface area contributed by atoms with Gasteiger partial charge in [-0.05, 0) is 24.5 Å². The average Bonchev–Trinajstić information content (AvgIpc) is 2.14. The van der Waals surface area contributed by atoms with Crippen molar-refractivity contribution in [1.29, 1.82) is 0 Å². The molecule has 1 aliphatic carbocycles. The second-order valence-corrected chi connectivity index (χ2v) is 5.35. The first-order valence-corrected chi connectivity index (χ1v) is 6.50. The van der Waals surface area contributed by atoms with Crippen LogP contribution in [0.25, 0.3) is 0 Å². The predicted molar refractivity (Wildman–Crippen MR) is 59.1 cm³/mol. The van der Waals surface area contributed by atoms with Crippen molar-refractivity contribution in [1.82, 2.24) is 0 Å². The van der Waals surface area contributed by atoms with Crippen molar-refractivity contribution in [2.75, 3.05) is 11.5 Å². The Labute approximate surface area is 85.7 Å². The lowest BCUT2D eigenvalue weighted by Crippen LogP contribution is -2.23. The number of carbonyl (C=O) groups is 1. The van der Waals surface area contributed by atoms with Crippen LogP contribution in [0.5, 0.6) is 0 Å². The molecule has 0 bridgehead atoms. The average molecular weight is 200 g/mol. The van der Waals surface area contributed by atoms with E-state index in [1.54, 1.807) is 11.8 Å². The molecule has 1 aliphatic rings. The lowest BCUT2D eigenvalue weighted by atomic mass is 9.81. The molecule has 0 aromatic heterocycles. The quantitative estimate of drug-likeness (QED) is 0.693. The number of Topliss-reactive ketones (excluding diaryl/α,β-unsaturated/α-hetero) is 1. The summed E-state index contributed by atoms with van der Waals surface area (Å²) in [5, 5.41) is 0. The highest BCUT2D eigenvalue weighted by atomic mass is 32.2. The van der Waals surface area contributed by atoms with Crippen molar-refractivity contribution in [2.45, 2.75) is 39.5 Å². The van der Waals surface area contributed by atoms with Crippen LogP contribution < -0.4 is 0 Å². The normalized spacial score (nSPS) is 28.8. The summed E-state index contributed by atoms with van der Waals surface area (Å²) in [6, 6.07) is 0. The van der Waals surface area contributed by atoms with Gasteiger partial charge in [-0.2, -0.15) is 11.8 Å². The van der Waals surface area contributed by atoms with Gasteiger partial charge in [-0.15, -0.1) is 0 Å². The highest BCUT2D eigenvalue weighted by Gasteiger charge is 2.24. The standard InChI is InChI=1S/C11H20OS/c1-3-13-8-11(12)10-6-4-5-9(2)7-10/h9-10H,3-8H2,1-2H3. The third kappa shape index (κ3) is 3.72. The van der Waals surface area contributed by atoms with E-state index in [-0.39, 0.29) is 0 Å². The molecule has 0 spiro atoms. The molecule has 2 atom stereocenters. The molecule has 1 rings (SSSR count). The zero-order valence-electron chi connectivity index (χ0n) is 8.71. The maximum atomic E-state index is 11.7. The van der Waals surface area contributed by atoms with Crippen LogP contribution in [-0.2, 0) is 4.79 Å². The van der Waals surface area contributed by atoms with Gasteiger partial charge in [-0.3, -0.25) is 4.79 Å². The summed E-state index contributed by atoms with van der Waals surface area (Å²) in [6.07, 6.45) is 4.87. The van der Waals surface area contributed by atoms with E-state index in [1.165, 1.54) is 12.8 Å². The van der Waals surface area contributed by atoms with E-state index in [0.717, 1.165) is 30.3 Å². The monoisotopic (exact) mass is 200 g/mol. The van der Waals surface area contributed by atoms with Gasteiger partial charge in [-0.25, -0.2) is 0 Å². The molecule has 1 saturated carbocycles. The van der Waals surface area contributed by atoms with Gasteiger partial charge < -0.3 is 0 Å². The first-order valence-electron chi connectivity index (χ1n) is 5.34. The SMILES string of the molecule is CCSCC(=O)C1CCCC(C)C1. The topological polar surface area (TPSA) is 17.1 Å². The molecule has 1 nitrogen and oxygen atoms in total. The van der Waals surface area contributed by atoms with Crippen LogP contribution in [0.4, 0.5) is 0 Å². The Hall–Kier alpha value is 0.0200. The van der Waals surface area contributed by atoms with Gasteiger partial charge in [0.2, 0.25) is 0 Å². The second kappa shape index (κ2) is 5.69. The second-order valence-electron chi connectivity index (χ2n) is 4.07. The zero-order chi connectivity index (χ0) is 9.68. The van der Waals surface area contributed by atoms with E-state index in [0.29, 0.717) is 11.7 Å². The molecule has 2 heteroatoms. The fourth-order valence-corrected chi connectivity index (χ4v) is 2.69. The van der Waals surface area contributed by atoms with Crippen LogP contribution in [0, 0.1) is 11.8 Å². The fourth-order valence-electron chi connectivity index (χ4n) is 2.05. The highest BCUT2D eigenvalue weighted by molar-refractivity contribution is 7.99. The van der Waals surface area contributed by atoms with Crippen molar-refractivity contribution < 1.29 is 4.79 Å². The van der Waals surface area contributed by atoms with Gasteiger partial charge in [0.15, 0.2) is 0 Å². The highest BCUT2D eigenvalue weighted by Crippen LogP contribution is 2.29. The third-order valence-electron chi connectivity index (χ3n) is 2.84. The maximum absolute atomic E-state index is 11.7. The fraction of sp³-hybridized carbons (Fsp3) is 0.909. The number of carbonyl (C=O) groups excluding carboxylic acids is 1. The molecule has 0 aromatic rings. The molecule has 0 heterocycles. The summed E-state index contributed by atoms with van der Waals surface area (Å²) < 4.78 is 0. The van der Waals surface area contributed by atoms with Crippen LogP contribution in [-0.4, -0.2) is 17.3 Å². The Morgan fingerprint density at radius 3 is 2.85 bits per heavy atom. The number of thioether (sulfide) groups is 1. The molecule has 0 N–H and O–H groups in total. The first-order chi connectivity index (χ1) is 6.24. The smallest absolute Gasteiger partial charge is 0.145 e. The predicted octanol–water partition coefficient (Wildman–Crippen LogP) is 3.13. The lowest BCUT2D eigenvalue weighted by Gasteiger charge is -2.25. The van der Waals surface area contributed by atoms with E-state index >= 15 is 0 Å². The van der Waals surface area contributed by atoms with Crippen LogP contribution in [0.15, 0.2) is 0 Å². The van der Waals surface area contributed by atoms with Gasteiger partial charge in [0.05, 0.1) is 5.75 Å². The molecule has 0 aromatic carbocycles. The summed E-state index contributed by atoms with van der Waals surface area (Å²) >= 11 is 1.76. The van der Waals surface area contributed by atoms with Crippen molar-refractivity contribution >= 4 is 17.5 Å². The molecular formula is C11H20OS. The minimum Gasteiger partial charge on any atom is -0.298 e. The number of rotatable bonds is 4. The van der Waals surface area contributed by atoms with Crippen LogP contribution in [0.3, 0.4) is 0 Å². The van der Waals surface area contributed by atoms with E-state index in [4.69, 9.17) is 0 Å². The number of ketones is 1. The Morgan fingerprint density at radius 1 is 1.46 bits per heavy atom. The van der Waals surface area contributed by atoms with Gasteiger partial charge in [0, 0.05) is 5.92 Å². The zero-order valence-corrected chi connectivity index (χ0v) is 9.53. The molecule has 0 saturated heterocycles. The summed E-state index contributed by atoms with van der Waals surface area (Å²) in [4.78, 5) is 11.7. The summed E-state index contributed by atoms with van der Waals surface area (Å²) in [5.74, 6) is 3.47. The Kier molecular flexibility index (Phi) is 4.86. The molecule has 13 heavy (non-hydrogen) atoms. The molecule has 0 aliphatic heterocycles. The maximum Gasteiger partial charge on any atom is 0.145 e. The lowest BCUT2D eigenvalue weighted by molar-refractivity contribution is -0.121. The Morgan fingerprint density at radius 2 is 2.23 bits per heavy atom. The van der Waals surface area contributed by atoms with Crippen molar-refractivity contribution in [2.24, 2.45) is 11.8 Å². The Balaban J connectivity index is 2.28. The Bertz CT molecular complexity index is 167. The van der Waals surface area contributed by atoms with Crippen molar-refractivity contribution in [3.63, 3.8) is 0 Å². The molecule has 0 radical (unpaired) electrons. The summed E-state index contributed by atoms with van der Waals surface area (Å²) in [5.41, 5.74) is 0.